The molecule has 0 bridgehead atoms. The molecule has 0 radical (unpaired) electrons. The van der Waals surface area contributed by atoms with Crippen LogP contribution in [0.2, 0.25) is 10.0 Å². The van der Waals surface area contributed by atoms with E-state index in [-0.39, 0.29) is 5.91 Å². The van der Waals surface area contributed by atoms with Gasteiger partial charge >= 0.3 is 5.97 Å². The average molecular weight is 302 g/mol. The summed E-state index contributed by atoms with van der Waals surface area (Å²) in [5, 5.41) is 12.3. The third kappa shape index (κ3) is 2.42. The lowest BCUT2D eigenvalue weighted by Gasteiger charge is -2.09. The Morgan fingerprint density at radius 1 is 1.21 bits per heavy atom. The molecule has 0 saturated heterocycles. The summed E-state index contributed by atoms with van der Waals surface area (Å²) in [5.41, 5.74) is -0.230. The molecule has 4 nitrogen and oxygen atoms in total. The van der Waals surface area contributed by atoms with Crippen LogP contribution >= 0.6 is 23.2 Å². The minimum absolute atomic E-state index is 0.322. The Labute approximate surface area is 120 Å². The van der Waals surface area contributed by atoms with Crippen molar-refractivity contribution in [1.29, 1.82) is 0 Å². The van der Waals surface area contributed by atoms with Gasteiger partial charge in [-0.2, -0.15) is 0 Å². The Morgan fingerprint density at radius 2 is 1.74 bits per heavy atom. The second-order valence-corrected chi connectivity index (χ2v) is 6.02. The number of carbonyl (C=O) groups excluding carboxylic acids is 1. The lowest BCUT2D eigenvalue weighted by molar-refractivity contribution is -0.140. The van der Waals surface area contributed by atoms with Crippen molar-refractivity contribution in [3.63, 3.8) is 0 Å². The van der Waals surface area contributed by atoms with E-state index < -0.39 is 23.2 Å². The molecule has 1 aromatic carbocycles. The number of anilines is 1. The largest absolute Gasteiger partial charge is 0.481 e. The highest BCUT2D eigenvalue weighted by Crippen LogP contribution is 2.58. The molecular weight excluding hydrogens is 289 g/mol. The molecule has 2 rings (SSSR count). The maximum absolute atomic E-state index is 12.1. The number of nitrogens with one attached hydrogen (secondary N) is 1. The molecule has 0 spiro atoms. The predicted molar refractivity (Wildman–Crippen MR) is 73.5 cm³/mol. The van der Waals surface area contributed by atoms with Gasteiger partial charge in [-0.15, -0.1) is 0 Å². The van der Waals surface area contributed by atoms with E-state index >= 15 is 0 Å². The van der Waals surface area contributed by atoms with Gasteiger partial charge in [0.25, 0.3) is 0 Å². The fraction of sp³-hybridized carbons (Fsp3) is 0.385. The van der Waals surface area contributed by atoms with Gasteiger partial charge in [-0.05, 0) is 17.5 Å². The minimum atomic E-state index is -0.963. The molecule has 2 N–H and O–H groups in total. The van der Waals surface area contributed by atoms with Gasteiger partial charge in [-0.3, -0.25) is 9.59 Å². The molecular formula is C13H13Cl2NO3. The van der Waals surface area contributed by atoms with E-state index in [9.17, 15) is 9.59 Å². The highest BCUT2D eigenvalue weighted by Gasteiger charge is 2.65. The topological polar surface area (TPSA) is 66.4 Å². The van der Waals surface area contributed by atoms with E-state index in [2.05, 4.69) is 5.32 Å². The van der Waals surface area contributed by atoms with Crippen molar-refractivity contribution < 1.29 is 14.7 Å². The quantitative estimate of drug-likeness (QED) is 0.900. The average Bonchev–Trinajstić information content (AvgIpc) is 2.87. The number of para-hydroxylation sites is 1. The van der Waals surface area contributed by atoms with Crippen molar-refractivity contribution in [2.24, 2.45) is 17.3 Å². The number of carboxylic acid groups (broad SMARTS) is 1. The molecule has 102 valence electrons. The van der Waals surface area contributed by atoms with E-state index in [1.807, 2.05) is 0 Å². The normalized spacial score (nSPS) is 23.8. The fourth-order valence-electron chi connectivity index (χ4n) is 2.41. The minimum Gasteiger partial charge on any atom is -0.481 e. The third-order valence-corrected chi connectivity index (χ3v) is 4.22. The van der Waals surface area contributed by atoms with Crippen LogP contribution in [-0.4, -0.2) is 17.0 Å². The van der Waals surface area contributed by atoms with Gasteiger partial charge in [0.05, 0.1) is 27.6 Å². The van der Waals surface area contributed by atoms with Crippen LogP contribution in [-0.2, 0) is 9.59 Å². The lowest BCUT2D eigenvalue weighted by atomic mass is 10.1. The van der Waals surface area contributed by atoms with Gasteiger partial charge in [0, 0.05) is 0 Å². The maximum Gasteiger partial charge on any atom is 0.307 e. The SMILES string of the molecule is CC1(C)[C@H](C(=O)O)[C@@H]1C(=O)Nc1c(Cl)cccc1Cl. The maximum atomic E-state index is 12.1. The van der Waals surface area contributed by atoms with Gasteiger partial charge in [-0.1, -0.05) is 43.1 Å². The molecule has 1 amide bonds. The Morgan fingerprint density at radius 3 is 2.16 bits per heavy atom. The number of aliphatic carboxylic acids is 1. The monoisotopic (exact) mass is 301 g/mol. The van der Waals surface area contributed by atoms with E-state index in [0.29, 0.717) is 15.7 Å². The predicted octanol–water partition coefficient (Wildman–Crippen LogP) is 3.29. The molecule has 0 aliphatic heterocycles. The summed E-state index contributed by atoms with van der Waals surface area (Å²) in [7, 11) is 0. The number of carbonyl (C=O) groups is 2. The number of halogens is 2. The molecule has 19 heavy (non-hydrogen) atoms. The second kappa shape index (κ2) is 4.69. The summed E-state index contributed by atoms with van der Waals surface area (Å²) in [5.74, 6) is -2.58. The molecule has 0 aromatic heterocycles. The zero-order valence-corrected chi connectivity index (χ0v) is 11.9. The summed E-state index contributed by atoms with van der Waals surface area (Å²) in [6.45, 7) is 3.51. The van der Waals surface area contributed by atoms with Crippen LogP contribution in [0.15, 0.2) is 18.2 Å². The molecule has 1 fully saturated rings. The zero-order valence-electron chi connectivity index (χ0n) is 10.4. The molecule has 0 unspecified atom stereocenters. The van der Waals surface area contributed by atoms with Crippen molar-refractivity contribution >= 4 is 40.8 Å². The molecule has 6 heteroatoms. The Kier molecular flexibility index (Phi) is 3.49. The van der Waals surface area contributed by atoms with Crippen molar-refractivity contribution in [3.8, 4) is 0 Å². The molecule has 1 aromatic rings. The van der Waals surface area contributed by atoms with Gasteiger partial charge in [-0.25, -0.2) is 0 Å². The van der Waals surface area contributed by atoms with E-state index in [1.54, 1.807) is 32.0 Å². The summed E-state index contributed by atoms with van der Waals surface area (Å²) in [6.07, 6.45) is 0. The Hall–Kier alpha value is -1.26. The molecule has 0 heterocycles. The van der Waals surface area contributed by atoms with E-state index in [4.69, 9.17) is 28.3 Å². The van der Waals surface area contributed by atoms with Crippen molar-refractivity contribution in [1.82, 2.24) is 0 Å². The summed E-state index contributed by atoms with van der Waals surface area (Å²) in [4.78, 5) is 23.2. The van der Waals surface area contributed by atoms with Crippen LogP contribution in [0.3, 0.4) is 0 Å². The molecule has 2 atom stereocenters. The van der Waals surface area contributed by atoms with Gasteiger partial charge in [0.15, 0.2) is 0 Å². The van der Waals surface area contributed by atoms with E-state index in [0.717, 1.165) is 0 Å². The van der Waals surface area contributed by atoms with Crippen molar-refractivity contribution in [2.75, 3.05) is 5.32 Å². The van der Waals surface area contributed by atoms with Crippen LogP contribution in [0.25, 0.3) is 0 Å². The summed E-state index contributed by atoms with van der Waals surface area (Å²) < 4.78 is 0. The molecule has 1 saturated carbocycles. The number of hydrogen-bond donors (Lipinski definition) is 2. The molecule has 1 aliphatic rings. The smallest absolute Gasteiger partial charge is 0.307 e. The molecule has 1 aliphatic carbocycles. The van der Waals surface area contributed by atoms with Gasteiger partial charge in [0.1, 0.15) is 0 Å². The number of benzene rings is 1. The Balaban J connectivity index is 2.18. The van der Waals surface area contributed by atoms with Crippen LogP contribution < -0.4 is 5.32 Å². The fourth-order valence-corrected chi connectivity index (χ4v) is 2.90. The zero-order chi connectivity index (χ0) is 14.4. The first kappa shape index (κ1) is 14.2. The number of carboxylic acids is 1. The summed E-state index contributed by atoms with van der Waals surface area (Å²) in [6, 6.07) is 4.88. The first-order chi connectivity index (χ1) is 8.76. The van der Waals surface area contributed by atoms with Crippen molar-refractivity contribution in [2.45, 2.75) is 13.8 Å². The highest BCUT2D eigenvalue weighted by molar-refractivity contribution is 6.39. The first-order valence-electron chi connectivity index (χ1n) is 5.74. The highest BCUT2D eigenvalue weighted by atomic mass is 35.5. The number of hydrogen-bond acceptors (Lipinski definition) is 2. The van der Waals surface area contributed by atoms with Gasteiger partial charge in [0.2, 0.25) is 5.91 Å². The standard InChI is InChI=1S/C13H13Cl2NO3/c1-13(2)8(9(13)12(18)19)11(17)16-10-6(14)4-3-5-7(10)15/h3-5,8-9H,1-2H3,(H,16,17)(H,18,19)/t8-,9+/m1/s1. The Bertz CT molecular complexity index is 537. The number of rotatable bonds is 3. The van der Waals surface area contributed by atoms with Crippen LogP contribution in [0, 0.1) is 17.3 Å². The second-order valence-electron chi connectivity index (χ2n) is 5.20. The first-order valence-corrected chi connectivity index (χ1v) is 6.50. The van der Waals surface area contributed by atoms with Crippen LogP contribution in [0.4, 0.5) is 5.69 Å². The van der Waals surface area contributed by atoms with E-state index in [1.165, 1.54) is 0 Å². The third-order valence-electron chi connectivity index (χ3n) is 3.59. The van der Waals surface area contributed by atoms with Gasteiger partial charge < -0.3 is 10.4 Å². The van der Waals surface area contributed by atoms with Crippen LogP contribution in [0.1, 0.15) is 13.8 Å². The van der Waals surface area contributed by atoms with Crippen LogP contribution in [0.5, 0.6) is 0 Å². The lowest BCUT2D eigenvalue weighted by Crippen LogP contribution is -2.18. The number of amides is 1. The van der Waals surface area contributed by atoms with Crippen molar-refractivity contribution in [3.05, 3.63) is 28.2 Å². The summed E-state index contributed by atoms with van der Waals surface area (Å²) >= 11 is 11.9.